The lowest BCUT2D eigenvalue weighted by molar-refractivity contribution is 0.471. The molecule has 0 aromatic carbocycles. The Hall–Kier alpha value is -1.67. The highest BCUT2D eigenvalue weighted by Crippen LogP contribution is 2.20. The molecule has 0 radical (unpaired) electrons. The third kappa shape index (κ3) is 3.75. The van der Waals surface area contributed by atoms with Gasteiger partial charge in [0.15, 0.2) is 0 Å². The molecule has 2 rings (SSSR count). The molecule has 0 bridgehead atoms. The molecule has 0 unspecified atom stereocenters. The minimum Gasteiger partial charge on any atom is -0.336 e. The van der Waals surface area contributed by atoms with Crippen molar-refractivity contribution >= 4 is 10.0 Å². The quantitative estimate of drug-likeness (QED) is 0.832. The fraction of sp³-hybridized carbons (Fsp3) is 0.571. The SMILES string of the molecule is Cc1nn(CC(C)C)c(C)c1S(=O)(=O)NCCn1ccnc1. The number of hydrogen-bond donors (Lipinski definition) is 1. The van der Waals surface area contributed by atoms with Crippen LogP contribution in [0.25, 0.3) is 0 Å². The zero-order valence-corrected chi connectivity index (χ0v) is 14.3. The maximum Gasteiger partial charge on any atom is 0.244 e. The second-order valence-electron chi connectivity index (χ2n) is 5.77. The Balaban J connectivity index is 2.13. The summed E-state index contributed by atoms with van der Waals surface area (Å²) in [5.74, 6) is 0.405. The molecule has 1 N–H and O–H groups in total. The summed E-state index contributed by atoms with van der Waals surface area (Å²) in [7, 11) is -3.56. The smallest absolute Gasteiger partial charge is 0.244 e. The van der Waals surface area contributed by atoms with Crippen molar-refractivity contribution in [2.75, 3.05) is 6.54 Å². The van der Waals surface area contributed by atoms with Gasteiger partial charge in [-0.3, -0.25) is 4.68 Å². The lowest BCUT2D eigenvalue weighted by Gasteiger charge is -2.09. The Morgan fingerprint density at radius 1 is 1.32 bits per heavy atom. The third-order valence-electron chi connectivity index (χ3n) is 3.34. The van der Waals surface area contributed by atoms with Gasteiger partial charge in [-0.2, -0.15) is 5.10 Å². The van der Waals surface area contributed by atoms with E-state index >= 15 is 0 Å². The van der Waals surface area contributed by atoms with Gasteiger partial charge in [0.2, 0.25) is 10.0 Å². The van der Waals surface area contributed by atoms with Gasteiger partial charge in [0.05, 0.1) is 17.7 Å². The fourth-order valence-electron chi connectivity index (χ4n) is 2.39. The summed E-state index contributed by atoms with van der Waals surface area (Å²) in [6, 6.07) is 0. The van der Waals surface area contributed by atoms with Crippen LogP contribution >= 0.6 is 0 Å². The van der Waals surface area contributed by atoms with Crippen LogP contribution in [0.4, 0.5) is 0 Å². The number of rotatable bonds is 7. The summed E-state index contributed by atoms with van der Waals surface area (Å²) < 4.78 is 31.2. The summed E-state index contributed by atoms with van der Waals surface area (Å²) in [6.07, 6.45) is 5.12. The van der Waals surface area contributed by atoms with Crippen LogP contribution in [0, 0.1) is 19.8 Å². The number of aromatic nitrogens is 4. The molecule has 0 atom stereocenters. The van der Waals surface area contributed by atoms with Crippen molar-refractivity contribution in [2.45, 2.75) is 45.7 Å². The van der Waals surface area contributed by atoms with Crippen LogP contribution in [-0.4, -0.2) is 34.3 Å². The average Bonchev–Trinajstić information content (AvgIpc) is 2.98. The van der Waals surface area contributed by atoms with Crippen LogP contribution in [-0.2, 0) is 23.1 Å². The van der Waals surface area contributed by atoms with Crippen LogP contribution in [0.15, 0.2) is 23.6 Å². The first kappa shape index (κ1) is 16.7. The normalized spacial score (nSPS) is 12.2. The van der Waals surface area contributed by atoms with E-state index in [0.717, 1.165) is 0 Å². The first-order valence-electron chi connectivity index (χ1n) is 7.30. The van der Waals surface area contributed by atoms with E-state index in [1.165, 1.54) is 0 Å². The first-order chi connectivity index (χ1) is 10.3. The molecule has 22 heavy (non-hydrogen) atoms. The molecule has 0 aliphatic rings. The Kier molecular flexibility index (Phi) is 5.02. The van der Waals surface area contributed by atoms with E-state index in [2.05, 4.69) is 28.7 Å². The molecule has 0 spiro atoms. The van der Waals surface area contributed by atoms with E-state index in [9.17, 15) is 8.42 Å². The molecule has 0 aliphatic heterocycles. The van der Waals surface area contributed by atoms with Crippen molar-refractivity contribution in [2.24, 2.45) is 5.92 Å². The maximum atomic E-state index is 12.5. The molecule has 0 saturated carbocycles. The summed E-state index contributed by atoms with van der Waals surface area (Å²) in [4.78, 5) is 4.22. The van der Waals surface area contributed by atoms with E-state index in [4.69, 9.17) is 0 Å². The zero-order chi connectivity index (χ0) is 16.3. The number of nitrogens with one attached hydrogen (secondary N) is 1. The van der Waals surface area contributed by atoms with Gasteiger partial charge in [0.25, 0.3) is 0 Å². The van der Waals surface area contributed by atoms with Crippen molar-refractivity contribution in [3.05, 3.63) is 30.1 Å². The van der Waals surface area contributed by atoms with Crippen LogP contribution in [0.2, 0.25) is 0 Å². The molecule has 2 heterocycles. The summed E-state index contributed by atoms with van der Waals surface area (Å²) in [5, 5.41) is 4.36. The van der Waals surface area contributed by atoms with Crippen LogP contribution in [0.3, 0.4) is 0 Å². The fourth-order valence-corrected chi connectivity index (χ4v) is 3.82. The lowest BCUT2D eigenvalue weighted by Crippen LogP contribution is -2.28. The molecule has 122 valence electrons. The van der Waals surface area contributed by atoms with Gasteiger partial charge >= 0.3 is 0 Å². The molecule has 2 aromatic rings. The molecule has 0 saturated heterocycles. The Morgan fingerprint density at radius 3 is 2.64 bits per heavy atom. The van der Waals surface area contributed by atoms with Gasteiger partial charge in [-0.25, -0.2) is 18.1 Å². The molecule has 7 nitrogen and oxygen atoms in total. The highest BCUT2D eigenvalue weighted by Gasteiger charge is 2.24. The van der Waals surface area contributed by atoms with E-state index in [-0.39, 0.29) is 0 Å². The molecular weight excluding hydrogens is 302 g/mol. The largest absolute Gasteiger partial charge is 0.336 e. The van der Waals surface area contributed by atoms with E-state index in [1.807, 2.05) is 4.57 Å². The average molecular weight is 325 g/mol. The van der Waals surface area contributed by atoms with E-state index in [1.54, 1.807) is 37.3 Å². The van der Waals surface area contributed by atoms with Gasteiger partial charge in [0, 0.05) is 32.0 Å². The van der Waals surface area contributed by atoms with Crippen LogP contribution < -0.4 is 4.72 Å². The number of sulfonamides is 1. The minimum absolute atomic E-state index is 0.291. The number of nitrogens with zero attached hydrogens (tertiary/aromatic N) is 4. The highest BCUT2D eigenvalue weighted by molar-refractivity contribution is 7.89. The maximum absolute atomic E-state index is 12.5. The van der Waals surface area contributed by atoms with Crippen molar-refractivity contribution in [1.29, 1.82) is 0 Å². The summed E-state index contributed by atoms with van der Waals surface area (Å²) in [5.41, 5.74) is 1.22. The van der Waals surface area contributed by atoms with Gasteiger partial charge in [-0.1, -0.05) is 13.8 Å². The second kappa shape index (κ2) is 6.62. The predicted octanol–water partition coefficient (Wildman–Crippen LogP) is 1.33. The van der Waals surface area contributed by atoms with Gasteiger partial charge in [-0.15, -0.1) is 0 Å². The molecule has 0 fully saturated rings. The number of hydrogen-bond acceptors (Lipinski definition) is 4. The molecule has 2 aromatic heterocycles. The Labute approximate surface area is 131 Å². The van der Waals surface area contributed by atoms with Crippen molar-refractivity contribution in [3.8, 4) is 0 Å². The minimum atomic E-state index is -3.56. The predicted molar refractivity (Wildman–Crippen MR) is 84.0 cm³/mol. The molecular formula is C14H23N5O2S. The van der Waals surface area contributed by atoms with Crippen molar-refractivity contribution < 1.29 is 8.42 Å². The number of imidazole rings is 1. The molecule has 0 amide bonds. The zero-order valence-electron chi connectivity index (χ0n) is 13.4. The number of aryl methyl sites for hydroxylation is 1. The third-order valence-corrected chi connectivity index (χ3v) is 5.06. The summed E-state index contributed by atoms with van der Waals surface area (Å²) in [6.45, 7) is 9.24. The Bertz CT molecular complexity index is 717. The lowest BCUT2D eigenvalue weighted by atomic mass is 10.2. The topological polar surface area (TPSA) is 81.8 Å². The van der Waals surface area contributed by atoms with Crippen LogP contribution in [0.5, 0.6) is 0 Å². The standard InChI is InChI=1S/C14H23N5O2S/c1-11(2)9-19-13(4)14(12(3)17-19)22(20,21)16-6-8-18-7-5-15-10-18/h5,7,10-11,16H,6,8-9H2,1-4H3. The van der Waals surface area contributed by atoms with E-state index < -0.39 is 10.0 Å². The van der Waals surface area contributed by atoms with Crippen molar-refractivity contribution in [1.82, 2.24) is 24.1 Å². The molecule has 0 aliphatic carbocycles. The highest BCUT2D eigenvalue weighted by atomic mass is 32.2. The second-order valence-corrected chi connectivity index (χ2v) is 7.48. The monoisotopic (exact) mass is 325 g/mol. The Morgan fingerprint density at radius 2 is 2.05 bits per heavy atom. The first-order valence-corrected chi connectivity index (χ1v) is 8.79. The summed E-state index contributed by atoms with van der Waals surface area (Å²) >= 11 is 0. The van der Waals surface area contributed by atoms with Gasteiger partial charge < -0.3 is 4.57 Å². The molecule has 8 heteroatoms. The van der Waals surface area contributed by atoms with E-state index in [0.29, 0.717) is 41.8 Å². The van der Waals surface area contributed by atoms with Crippen LogP contribution in [0.1, 0.15) is 25.2 Å². The van der Waals surface area contributed by atoms with Crippen molar-refractivity contribution in [3.63, 3.8) is 0 Å². The van der Waals surface area contributed by atoms with Gasteiger partial charge in [0.1, 0.15) is 4.90 Å². The van der Waals surface area contributed by atoms with Gasteiger partial charge in [-0.05, 0) is 19.8 Å².